The summed E-state index contributed by atoms with van der Waals surface area (Å²) in [6.45, 7) is 4.59. The largest absolute Gasteiger partial charge is 0.741 e. The number of hydrogen-bond acceptors (Lipinski definition) is 3. The van der Waals surface area contributed by atoms with Crippen LogP contribution >= 0.6 is 0 Å². The van der Waals surface area contributed by atoms with Crippen molar-refractivity contribution in [3.63, 3.8) is 0 Å². The number of aryl methyl sites for hydroxylation is 2. The van der Waals surface area contributed by atoms with Gasteiger partial charge in [-0.05, 0) is 18.9 Å². The molecule has 0 aromatic carbocycles. The predicted octanol–water partition coefficient (Wildman–Crippen LogP) is 7.93. The quantitative estimate of drug-likeness (QED) is 0.0849. The van der Waals surface area contributed by atoms with Crippen LogP contribution < -0.4 is 4.57 Å². The van der Waals surface area contributed by atoms with Crippen LogP contribution in [-0.2, 0) is 30.0 Å². The lowest BCUT2D eigenvalue weighted by atomic mass is 10.0. The Labute approximate surface area is 212 Å². The fraction of sp³-hybridized carbons (Fsp3) is 0.815. The predicted molar refractivity (Wildman–Crippen MR) is 136 cm³/mol. The van der Waals surface area contributed by atoms with E-state index in [0.29, 0.717) is 0 Å². The van der Waals surface area contributed by atoms with Crippen LogP contribution in [0.2, 0.25) is 0 Å². The van der Waals surface area contributed by atoms with Gasteiger partial charge < -0.3 is 4.55 Å². The van der Waals surface area contributed by atoms with Crippen LogP contribution in [0.4, 0.5) is 13.2 Å². The van der Waals surface area contributed by atoms with Gasteiger partial charge in [0.2, 0.25) is 0 Å². The molecular weight excluding hydrogens is 475 g/mol. The zero-order chi connectivity index (χ0) is 26.6. The molecule has 8 heteroatoms. The molecule has 35 heavy (non-hydrogen) atoms. The lowest BCUT2D eigenvalue weighted by Gasteiger charge is -2.08. The molecule has 0 fully saturated rings. The topological polar surface area (TPSA) is 61.1 Å². The van der Waals surface area contributed by atoms with E-state index in [1.165, 1.54) is 127 Å². The van der Waals surface area contributed by atoms with E-state index in [4.69, 9.17) is 13.0 Å². The van der Waals surface area contributed by atoms with Gasteiger partial charge in [-0.15, -0.1) is 0 Å². The van der Waals surface area contributed by atoms with E-state index in [9.17, 15) is 13.2 Å². The Hall–Kier alpha value is -1.15. The van der Waals surface area contributed by atoms with Crippen molar-refractivity contribution in [2.24, 2.45) is 7.05 Å². The third kappa shape index (κ3) is 17.9. The summed E-state index contributed by atoms with van der Waals surface area (Å²) in [6.07, 6.45) is 25.0. The van der Waals surface area contributed by atoms with E-state index in [2.05, 4.69) is 43.7 Å². The average molecular weight is 524 g/mol. The number of pyridine rings is 1. The second-order valence-corrected chi connectivity index (χ2v) is 10.8. The molecule has 1 heterocycles. The van der Waals surface area contributed by atoms with Gasteiger partial charge in [0.25, 0.3) is 0 Å². The first-order chi connectivity index (χ1) is 16.5. The smallest absolute Gasteiger partial charge is 0.485 e. The van der Waals surface area contributed by atoms with Crippen LogP contribution in [0.5, 0.6) is 0 Å². The molecule has 0 radical (unpaired) electrons. The van der Waals surface area contributed by atoms with Crippen LogP contribution in [0.3, 0.4) is 0 Å². The van der Waals surface area contributed by atoms with Crippen LogP contribution in [0, 0.1) is 0 Å². The van der Waals surface area contributed by atoms with E-state index in [1.54, 1.807) is 0 Å². The number of nitrogens with zero attached hydrogens (tertiary/aromatic N) is 1. The lowest BCUT2D eigenvalue weighted by Crippen LogP contribution is -2.38. The van der Waals surface area contributed by atoms with Gasteiger partial charge in [0.05, 0.1) is 0 Å². The first-order valence-electron chi connectivity index (χ1n) is 13.5. The normalized spacial score (nSPS) is 11.9. The Bertz CT molecular complexity index is 714. The van der Waals surface area contributed by atoms with Gasteiger partial charge in [0.15, 0.2) is 21.5 Å². The molecule has 1 rings (SSSR count). The Kier molecular flexibility index (Phi) is 19.3. The Morgan fingerprint density at radius 2 is 0.971 bits per heavy atom. The molecule has 0 amide bonds. The van der Waals surface area contributed by atoms with Gasteiger partial charge in [-0.25, -0.2) is 13.0 Å². The van der Waals surface area contributed by atoms with Crippen molar-refractivity contribution in [1.29, 1.82) is 0 Å². The molecule has 0 unspecified atom stereocenters. The highest BCUT2D eigenvalue weighted by Crippen LogP contribution is 2.20. The van der Waals surface area contributed by atoms with Crippen LogP contribution in [0.1, 0.15) is 128 Å². The van der Waals surface area contributed by atoms with Crippen molar-refractivity contribution in [2.75, 3.05) is 0 Å². The zero-order valence-corrected chi connectivity index (χ0v) is 23.0. The van der Waals surface area contributed by atoms with E-state index >= 15 is 0 Å². The maximum atomic E-state index is 10.7. The van der Waals surface area contributed by atoms with Crippen molar-refractivity contribution < 1.29 is 30.7 Å². The molecule has 0 N–H and O–H groups in total. The number of aromatic nitrogens is 1. The number of rotatable bonds is 18. The third-order valence-electron chi connectivity index (χ3n) is 6.30. The van der Waals surface area contributed by atoms with Crippen molar-refractivity contribution in [3.8, 4) is 0 Å². The van der Waals surface area contributed by atoms with Gasteiger partial charge >= 0.3 is 5.51 Å². The van der Waals surface area contributed by atoms with Crippen molar-refractivity contribution in [3.05, 3.63) is 29.6 Å². The molecule has 0 saturated heterocycles. The minimum Gasteiger partial charge on any atom is -0.741 e. The van der Waals surface area contributed by atoms with E-state index < -0.39 is 15.6 Å². The fourth-order valence-electron chi connectivity index (χ4n) is 4.06. The summed E-state index contributed by atoms with van der Waals surface area (Å²) < 4.78 is 61.4. The highest BCUT2D eigenvalue weighted by atomic mass is 32.2. The minimum absolute atomic E-state index is 1.25. The highest BCUT2D eigenvalue weighted by Gasteiger charge is 2.36. The molecule has 0 aliphatic carbocycles. The van der Waals surface area contributed by atoms with Crippen molar-refractivity contribution in [1.82, 2.24) is 0 Å². The van der Waals surface area contributed by atoms with Crippen LogP contribution in [0.25, 0.3) is 0 Å². The molecule has 0 aliphatic rings. The Balaban J connectivity index is 0.00000124. The summed E-state index contributed by atoms with van der Waals surface area (Å²) in [5.41, 5.74) is -2.59. The molecule has 206 valence electrons. The monoisotopic (exact) mass is 523 g/mol. The summed E-state index contributed by atoms with van der Waals surface area (Å²) >= 11 is 0. The highest BCUT2D eigenvalue weighted by molar-refractivity contribution is 7.86. The summed E-state index contributed by atoms with van der Waals surface area (Å²) in [5, 5.41) is 0. The number of halogens is 3. The zero-order valence-electron chi connectivity index (χ0n) is 22.2. The summed E-state index contributed by atoms with van der Waals surface area (Å²) in [6, 6.07) is 6.94. The van der Waals surface area contributed by atoms with Gasteiger partial charge in [-0.1, -0.05) is 104 Å². The second-order valence-electron chi connectivity index (χ2n) is 9.42. The van der Waals surface area contributed by atoms with Crippen LogP contribution in [-0.4, -0.2) is 18.5 Å². The van der Waals surface area contributed by atoms with Crippen molar-refractivity contribution in [2.45, 2.75) is 135 Å². The number of hydrogen-bond donors (Lipinski definition) is 0. The molecule has 0 atom stereocenters. The molecule has 4 nitrogen and oxygen atoms in total. The first kappa shape index (κ1) is 33.8. The average Bonchev–Trinajstić information content (AvgIpc) is 2.78. The summed E-state index contributed by atoms with van der Waals surface area (Å²) in [4.78, 5) is 0. The van der Waals surface area contributed by atoms with Gasteiger partial charge in [0, 0.05) is 25.0 Å². The molecule has 0 saturated carbocycles. The molecule has 0 spiro atoms. The summed E-state index contributed by atoms with van der Waals surface area (Å²) in [5.74, 6) is 0. The maximum absolute atomic E-state index is 10.7. The fourth-order valence-corrected chi connectivity index (χ4v) is 4.06. The molecule has 1 aromatic heterocycles. The molecular formula is C27H48F3NO3S. The number of unbranched alkanes of at least 4 members (excludes halogenated alkanes) is 14. The second kappa shape index (κ2) is 20.0. The minimum atomic E-state index is -6.09. The van der Waals surface area contributed by atoms with Crippen LogP contribution in [0.15, 0.2) is 18.2 Å². The maximum Gasteiger partial charge on any atom is 0.485 e. The van der Waals surface area contributed by atoms with Gasteiger partial charge in [0.1, 0.15) is 7.05 Å². The Morgan fingerprint density at radius 3 is 1.26 bits per heavy atom. The SMILES string of the molecule is CCCCCCCCCCc1cccc(CCCCCCCCCC)[n+]1C.O=S(=O)([O-])C(F)(F)F. The van der Waals surface area contributed by atoms with Gasteiger partial charge in [-0.2, -0.15) is 13.2 Å². The lowest BCUT2D eigenvalue weighted by molar-refractivity contribution is -0.686. The van der Waals surface area contributed by atoms with Crippen molar-refractivity contribution >= 4 is 10.1 Å². The molecule has 0 aliphatic heterocycles. The van der Waals surface area contributed by atoms with E-state index in [-0.39, 0.29) is 0 Å². The standard InChI is InChI=1S/C26H48N.CHF3O3S/c1-4-6-8-10-12-14-16-18-21-25-23-20-24-26(27(25)3)22-19-17-15-13-11-9-7-5-2;2-1(3,4)8(5,6)7/h20,23-24H,4-19,21-22H2,1-3H3;(H,5,6,7)/q+1;/p-1. The molecule has 0 bridgehead atoms. The van der Waals surface area contributed by atoms with E-state index in [1.807, 2.05) is 0 Å². The Morgan fingerprint density at radius 1 is 0.686 bits per heavy atom. The summed E-state index contributed by atoms with van der Waals surface area (Å²) in [7, 11) is -3.81. The van der Waals surface area contributed by atoms with E-state index in [0.717, 1.165) is 0 Å². The first-order valence-corrected chi connectivity index (χ1v) is 14.9. The van der Waals surface area contributed by atoms with Gasteiger partial charge in [-0.3, -0.25) is 0 Å². The third-order valence-corrected chi connectivity index (χ3v) is 6.86. The molecule has 1 aromatic rings. The number of alkyl halides is 3.